The molecule has 3 aromatic heterocycles. The van der Waals surface area contributed by atoms with Gasteiger partial charge in [-0.05, 0) is 36.6 Å². The van der Waals surface area contributed by atoms with Gasteiger partial charge in [0.2, 0.25) is 5.91 Å². The van der Waals surface area contributed by atoms with Crippen LogP contribution >= 0.6 is 11.6 Å². The maximum Gasteiger partial charge on any atom is 0.231 e. The van der Waals surface area contributed by atoms with Gasteiger partial charge in [0.05, 0.1) is 23.8 Å². The molecule has 142 valence electrons. The Morgan fingerprint density at radius 3 is 2.93 bits per heavy atom. The lowest BCUT2D eigenvalue weighted by molar-refractivity contribution is -0.117. The molecule has 0 bridgehead atoms. The zero-order chi connectivity index (χ0) is 19.6. The maximum absolute atomic E-state index is 14.6. The van der Waals surface area contributed by atoms with E-state index in [1.807, 2.05) is 6.07 Å². The van der Waals surface area contributed by atoms with Gasteiger partial charge in [-0.2, -0.15) is 5.10 Å². The molecule has 28 heavy (non-hydrogen) atoms. The first-order valence-electron chi connectivity index (χ1n) is 8.68. The van der Waals surface area contributed by atoms with Gasteiger partial charge in [0.25, 0.3) is 0 Å². The number of amides is 1. The Hall–Kier alpha value is -3.00. The second-order valence-electron chi connectivity index (χ2n) is 6.94. The van der Waals surface area contributed by atoms with Gasteiger partial charge in [0.15, 0.2) is 5.82 Å². The number of halogens is 3. The molecule has 0 aliphatic heterocycles. The normalized spacial score (nSPS) is 18.7. The predicted octanol–water partition coefficient (Wildman–Crippen LogP) is 4.28. The number of nitrogens with zero attached hydrogens (tertiary/aromatic N) is 3. The highest BCUT2D eigenvalue weighted by Gasteiger charge is 2.43. The van der Waals surface area contributed by atoms with Crippen molar-refractivity contribution in [3.8, 4) is 11.1 Å². The second-order valence-corrected chi connectivity index (χ2v) is 7.32. The van der Waals surface area contributed by atoms with Crippen LogP contribution in [0.5, 0.6) is 0 Å². The number of anilines is 1. The molecule has 3 heterocycles. The first-order chi connectivity index (χ1) is 13.4. The predicted molar refractivity (Wildman–Crippen MR) is 102 cm³/mol. The van der Waals surface area contributed by atoms with Crippen molar-refractivity contribution in [1.82, 2.24) is 19.6 Å². The van der Waals surface area contributed by atoms with Crippen molar-refractivity contribution >= 4 is 39.9 Å². The van der Waals surface area contributed by atoms with Crippen molar-refractivity contribution in [1.29, 1.82) is 0 Å². The summed E-state index contributed by atoms with van der Waals surface area (Å²) in [5.74, 6) is -1.12. The zero-order valence-electron chi connectivity index (χ0n) is 14.6. The average Bonchev–Trinajstić information content (AvgIpc) is 3.06. The van der Waals surface area contributed by atoms with Gasteiger partial charge in [-0.15, -0.1) is 0 Å². The lowest BCUT2D eigenvalue weighted by Gasteiger charge is -2.11. The fourth-order valence-corrected chi connectivity index (χ4v) is 3.74. The fourth-order valence-electron chi connectivity index (χ4n) is 3.46. The molecule has 0 saturated heterocycles. The van der Waals surface area contributed by atoms with Crippen molar-refractivity contribution in [2.24, 2.45) is 5.92 Å². The zero-order valence-corrected chi connectivity index (χ0v) is 15.4. The molecule has 0 unspecified atom stereocenters. The molecule has 1 saturated carbocycles. The van der Waals surface area contributed by atoms with Gasteiger partial charge >= 0.3 is 0 Å². The van der Waals surface area contributed by atoms with E-state index in [1.54, 1.807) is 36.0 Å². The first-order valence-corrected chi connectivity index (χ1v) is 9.06. The molecule has 6 nitrogen and oxygen atoms in total. The van der Waals surface area contributed by atoms with Gasteiger partial charge < -0.3 is 9.72 Å². The van der Waals surface area contributed by atoms with Crippen LogP contribution in [-0.2, 0) is 4.79 Å². The number of nitrogens with one attached hydrogen (secondary N) is 2. The minimum atomic E-state index is -1.07. The van der Waals surface area contributed by atoms with Gasteiger partial charge in [-0.3, -0.25) is 9.89 Å². The summed E-state index contributed by atoms with van der Waals surface area (Å²) < 4.78 is 29.3. The number of benzene rings is 1. The minimum absolute atomic E-state index is 0.00806. The molecular weight excluding hydrogens is 388 g/mol. The van der Waals surface area contributed by atoms with Gasteiger partial charge in [-0.1, -0.05) is 11.6 Å². The molecule has 9 heteroatoms. The van der Waals surface area contributed by atoms with Crippen LogP contribution in [0.15, 0.2) is 30.7 Å². The Bertz CT molecular complexity index is 1260. The first kappa shape index (κ1) is 17.1. The lowest BCUT2D eigenvalue weighted by Crippen LogP contribution is -2.15. The molecule has 2 atom stereocenters. The highest BCUT2D eigenvalue weighted by Crippen LogP contribution is 2.38. The van der Waals surface area contributed by atoms with Gasteiger partial charge in [0.1, 0.15) is 22.7 Å². The summed E-state index contributed by atoms with van der Waals surface area (Å²) in [5.41, 5.74) is 2.86. The number of carbonyl (C=O) groups is 1. The van der Waals surface area contributed by atoms with E-state index in [4.69, 9.17) is 11.6 Å². The van der Waals surface area contributed by atoms with Crippen LogP contribution in [0.2, 0.25) is 5.02 Å². The number of alkyl halides is 1. The van der Waals surface area contributed by atoms with Gasteiger partial charge in [0, 0.05) is 17.1 Å². The molecule has 0 radical (unpaired) electrons. The summed E-state index contributed by atoms with van der Waals surface area (Å²) in [7, 11) is 0. The Labute approximate surface area is 162 Å². The molecule has 2 N–H and O–H groups in total. The number of aromatic nitrogens is 4. The lowest BCUT2D eigenvalue weighted by atomic mass is 9.97. The Morgan fingerprint density at radius 1 is 1.39 bits per heavy atom. The molecule has 1 aliphatic rings. The van der Waals surface area contributed by atoms with E-state index in [2.05, 4.69) is 20.5 Å². The SMILES string of the molecule is Cc1c(F)c(Cl)c2[nH]ncc2c1-c1ccc2nc(NC(=O)[C@@H]3C[C@@H]3F)cn2c1. The monoisotopic (exact) mass is 401 g/mol. The van der Waals surface area contributed by atoms with Crippen LogP contribution in [0, 0.1) is 18.7 Å². The van der Waals surface area contributed by atoms with Crippen LogP contribution in [0.1, 0.15) is 12.0 Å². The van der Waals surface area contributed by atoms with E-state index < -0.39 is 17.9 Å². The topological polar surface area (TPSA) is 75.1 Å². The van der Waals surface area contributed by atoms with Crippen molar-refractivity contribution in [2.75, 3.05) is 5.32 Å². The number of carbonyl (C=O) groups excluding carboxylic acids is 1. The summed E-state index contributed by atoms with van der Waals surface area (Å²) in [4.78, 5) is 16.2. The van der Waals surface area contributed by atoms with Crippen molar-refractivity contribution in [3.63, 3.8) is 0 Å². The second kappa shape index (κ2) is 6.00. The molecular formula is C19H14ClF2N5O. The minimum Gasteiger partial charge on any atom is -0.309 e. The Morgan fingerprint density at radius 2 is 2.18 bits per heavy atom. The van der Waals surface area contributed by atoms with Crippen LogP contribution in [0.4, 0.5) is 14.6 Å². The number of rotatable bonds is 3. The van der Waals surface area contributed by atoms with E-state index in [0.717, 1.165) is 5.56 Å². The van der Waals surface area contributed by atoms with E-state index in [9.17, 15) is 13.6 Å². The highest BCUT2D eigenvalue weighted by atomic mass is 35.5. The van der Waals surface area contributed by atoms with E-state index in [0.29, 0.717) is 33.5 Å². The molecule has 1 fully saturated rings. The standard InChI is InChI=1S/C19H14ClF2N5O/c1-8-15(11-5-23-26-18(11)16(20)17(8)22)9-2-3-14-24-13(7-27(14)6-9)25-19(28)10-4-12(10)21/h2-3,5-7,10,12H,4H2,1H3,(H,23,26)(H,25,28)/t10-,12+/m1/s1. The summed E-state index contributed by atoms with van der Waals surface area (Å²) in [6, 6.07) is 3.58. The molecule has 5 rings (SSSR count). The van der Waals surface area contributed by atoms with Crippen LogP contribution in [0.3, 0.4) is 0 Å². The number of aromatic amines is 1. The smallest absolute Gasteiger partial charge is 0.231 e. The highest BCUT2D eigenvalue weighted by molar-refractivity contribution is 6.35. The number of imidazole rings is 1. The third kappa shape index (κ3) is 2.56. The van der Waals surface area contributed by atoms with Crippen molar-refractivity contribution in [2.45, 2.75) is 19.5 Å². The molecule has 0 spiro atoms. The van der Waals surface area contributed by atoms with Crippen LogP contribution < -0.4 is 5.32 Å². The summed E-state index contributed by atoms with van der Waals surface area (Å²) in [6.07, 6.45) is 4.22. The average molecular weight is 402 g/mol. The quantitative estimate of drug-likeness (QED) is 0.538. The molecule has 1 aliphatic carbocycles. The third-order valence-electron chi connectivity index (χ3n) is 5.07. The summed E-state index contributed by atoms with van der Waals surface area (Å²) in [6.45, 7) is 1.66. The van der Waals surface area contributed by atoms with Crippen LogP contribution in [0.25, 0.3) is 27.7 Å². The maximum atomic E-state index is 14.6. The third-order valence-corrected chi connectivity index (χ3v) is 5.42. The number of fused-ring (bicyclic) bond motifs is 2. The number of H-pyrrole nitrogens is 1. The largest absolute Gasteiger partial charge is 0.309 e. The Balaban J connectivity index is 1.58. The van der Waals surface area contributed by atoms with Gasteiger partial charge in [-0.25, -0.2) is 13.8 Å². The number of hydrogen-bond donors (Lipinski definition) is 2. The number of hydrogen-bond acceptors (Lipinski definition) is 3. The number of pyridine rings is 1. The van der Waals surface area contributed by atoms with Crippen molar-refractivity contribution in [3.05, 3.63) is 47.1 Å². The molecule has 1 amide bonds. The summed E-state index contributed by atoms with van der Waals surface area (Å²) in [5, 5.41) is 10.1. The van der Waals surface area contributed by atoms with E-state index in [-0.39, 0.29) is 17.4 Å². The Kier molecular flexibility index (Phi) is 3.67. The fraction of sp³-hybridized carbons (Fsp3) is 0.211. The van der Waals surface area contributed by atoms with Crippen LogP contribution in [-0.4, -0.2) is 31.7 Å². The summed E-state index contributed by atoms with van der Waals surface area (Å²) >= 11 is 6.09. The van der Waals surface area contributed by atoms with E-state index in [1.165, 1.54) is 0 Å². The van der Waals surface area contributed by atoms with E-state index >= 15 is 0 Å². The molecule has 4 aromatic rings. The van der Waals surface area contributed by atoms with Crippen molar-refractivity contribution < 1.29 is 13.6 Å². The molecule has 1 aromatic carbocycles.